The number of aromatic carboxylic acids is 7. The molecule has 14 rings (SSSR count). The summed E-state index contributed by atoms with van der Waals surface area (Å²) < 4.78 is 53.0. The fourth-order valence-corrected chi connectivity index (χ4v) is 12.6. The summed E-state index contributed by atoms with van der Waals surface area (Å²) >= 11 is 11.9. The molecule has 16 nitrogen and oxygen atoms in total. The molecule has 0 aromatic heterocycles. The number of hydrogen-bond donors (Lipinski definition) is 9. The molecule has 9 N–H and O–H groups in total. The van der Waals surface area contributed by atoms with Crippen LogP contribution in [0.5, 0.6) is 11.5 Å². The SMILES string of the molecule is Cc1cc(-c2ccccc2F)ccc1C(=O)O.Cc1ccc(-c2cc(Cl)cc(Cl)c2)cc1C(=O)O.Cc1ccc(-c2ccc(F)cc2)cc1C(=O)O.Cc1ccc(-c2cccc(F)c2)cc1C(=O)O.Cc1ccc(-c2cccc(O)c2)cc1C(=O)O.Cc1ccc(-c2ccccc2F)cc1C(=O)O.Cc1ccc(-c2ccccc2O)cc1C(=O)O. The molecule has 0 spiro atoms. The second-order valence-electron chi connectivity index (χ2n) is 27.0. The van der Waals surface area contributed by atoms with E-state index in [0.717, 1.165) is 44.5 Å². The standard InChI is InChI=1S/C14H10Cl2O2.4C14H11FO2.2C14H12O3/c1-8-2-3-9(6-13(8)14(17)18)10-4-11(15)7-12(16)5-10;1-9-2-3-11(8-13(9)14(16)17)10-4-6-12(15)7-5-10;1-9-5-6-11(8-13(9)14(16)17)10-3-2-4-12(15)7-10;1-9-8-10(6-7-11(9)14(16)17)12-4-2-3-5-13(12)15;1-9-6-7-10(8-12(9)14(16)17)11-4-2-3-5-13(11)15;1-9-5-6-11(8-13(9)14(16)17)10-3-2-4-12(15)7-10;1-9-6-7-10(8-12(9)14(16)17)11-4-2-3-5-13(11)15/h2-7H,1H3,(H,17,18);4*2-8H,1H3,(H,16,17);2*2-8,15H,1H3,(H,16,17). The molecule has 0 saturated carbocycles. The van der Waals surface area contributed by atoms with Gasteiger partial charge < -0.3 is 46.0 Å². The van der Waals surface area contributed by atoms with E-state index in [1.807, 2.05) is 24.3 Å². The van der Waals surface area contributed by atoms with Crippen molar-refractivity contribution in [3.8, 4) is 89.4 Å². The molecule has 0 bridgehead atoms. The molecule has 0 aliphatic rings. The molecule has 608 valence electrons. The first-order chi connectivity index (χ1) is 57.0. The van der Waals surface area contributed by atoms with E-state index in [1.54, 1.807) is 267 Å². The fourth-order valence-electron chi connectivity index (χ4n) is 12.1. The third-order valence-corrected chi connectivity index (χ3v) is 19.0. The van der Waals surface area contributed by atoms with E-state index >= 15 is 0 Å². The van der Waals surface area contributed by atoms with Crippen LogP contribution in [0.25, 0.3) is 77.9 Å². The van der Waals surface area contributed by atoms with E-state index < -0.39 is 41.8 Å². The minimum atomic E-state index is -0.999. The van der Waals surface area contributed by atoms with Gasteiger partial charge in [-0.2, -0.15) is 0 Å². The first kappa shape index (κ1) is 90.8. The summed E-state index contributed by atoms with van der Waals surface area (Å²) in [5.41, 5.74) is 16.2. The van der Waals surface area contributed by atoms with Crippen molar-refractivity contribution in [2.24, 2.45) is 0 Å². The number of aromatic hydroxyl groups is 2. The third-order valence-electron chi connectivity index (χ3n) is 18.6. The Balaban J connectivity index is 0.000000174. The largest absolute Gasteiger partial charge is 0.508 e. The number of para-hydroxylation sites is 1. The third kappa shape index (κ3) is 25.1. The Morgan fingerprint density at radius 1 is 0.225 bits per heavy atom. The highest BCUT2D eigenvalue weighted by Crippen LogP contribution is 2.34. The fraction of sp³-hybridized carbons (Fsp3) is 0.0714. The summed E-state index contributed by atoms with van der Waals surface area (Å²) in [4.78, 5) is 77.0. The van der Waals surface area contributed by atoms with Gasteiger partial charge in [-0.25, -0.2) is 51.1 Å². The lowest BCUT2D eigenvalue weighted by molar-refractivity contribution is 0.0685. The van der Waals surface area contributed by atoms with Crippen LogP contribution in [-0.2, 0) is 0 Å². The van der Waals surface area contributed by atoms with Crippen LogP contribution in [0.3, 0.4) is 0 Å². The first-order valence-electron chi connectivity index (χ1n) is 36.4. The van der Waals surface area contributed by atoms with Crippen LogP contribution in [0.1, 0.15) is 111 Å². The molecule has 0 aliphatic heterocycles. The monoisotopic (exact) mass is 1660 g/mol. The minimum absolute atomic E-state index is 0.146. The van der Waals surface area contributed by atoms with Gasteiger partial charge in [0.2, 0.25) is 0 Å². The van der Waals surface area contributed by atoms with E-state index in [9.17, 15) is 61.3 Å². The molecule has 120 heavy (non-hydrogen) atoms. The Kier molecular flexibility index (Phi) is 32.0. The van der Waals surface area contributed by atoms with E-state index in [1.165, 1.54) is 48.5 Å². The molecule has 0 fully saturated rings. The summed E-state index contributed by atoms with van der Waals surface area (Å²) in [6.07, 6.45) is 0. The Bertz CT molecular complexity index is 5910. The van der Waals surface area contributed by atoms with Crippen LogP contribution in [0.2, 0.25) is 10.0 Å². The lowest BCUT2D eigenvalue weighted by Crippen LogP contribution is -2.00. The van der Waals surface area contributed by atoms with Gasteiger partial charge in [-0.1, -0.05) is 199 Å². The lowest BCUT2D eigenvalue weighted by atomic mass is 9.99. The molecule has 0 heterocycles. The van der Waals surface area contributed by atoms with Crippen molar-refractivity contribution in [3.05, 3.63) is 402 Å². The normalized spacial score (nSPS) is 10.2. The number of carboxylic acids is 7. The van der Waals surface area contributed by atoms with Gasteiger partial charge in [-0.15, -0.1) is 0 Å². The van der Waals surface area contributed by atoms with Crippen LogP contribution >= 0.6 is 23.2 Å². The summed E-state index contributed by atoms with van der Waals surface area (Å²) in [5.74, 6) is -7.73. The average Bonchev–Trinajstić information content (AvgIpc) is 0.817. The van der Waals surface area contributed by atoms with Gasteiger partial charge in [0.15, 0.2) is 0 Å². The summed E-state index contributed by atoms with van der Waals surface area (Å²) in [7, 11) is 0. The highest BCUT2D eigenvalue weighted by atomic mass is 35.5. The zero-order valence-corrected chi connectivity index (χ0v) is 66.9. The van der Waals surface area contributed by atoms with Gasteiger partial charge in [0.1, 0.15) is 34.8 Å². The predicted molar refractivity (Wildman–Crippen MR) is 458 cm³/mol. The maximum atomic E-state index is 13.6. The zero-order valence-electron chi connectivity index (χ0n) is 65.4. The summed E-state index contributed by atoms with van der Waals surface area (Å²) in [6.45, 7) is 12.2. The maximum absolute atomic E-state index is 13.6. The van der Waals surface area contributed by atoms with Crippen LogP contribution in [0.4, 0.5) is 17.6 Å². The molecule has 0 aliphatic carbocycles. The van der Waals surface area contributed by atoms with E-state index in [-0.39, 0.29) is 73.7 Å². The Morgan fingerprint density at radius 2 is 0.517 bits per heavy atom. The van der Waals surface area contributed by atoms with Crippen LogP contribution < -0.4 is 0 Å². The molecule has 22 heteroatoms. The quantitative estimate of drug-likeness (QED) is 0.0457. The molecule has 0 unspecified atom stereocenters. The van der Waals surface area contributed by atoms with Crippen molar-refractivity contribution >= 4 is 65.0 Å². The average molecular weight is 1660 g/mol. The van der Waals surface area contributed by atoms with Gasteiger partial charge in [0.25, 0.3) is 0 Å². The number of phenols is 2. The molecular weight excluding hydrogens is 1580 g/mol. The van der Waals surface area contributed by atoms with Crippen LogP contribution in [0.15, 0.2) is 291 Å². The number of rotatable bonds is 14. The van der Waals surface area contributed by atoms with Crippen molar-refractivity contribution in [1.82, 2.24) is 0 Å². The number of benzene rings is 14. The lowest BCUT2D eigenvalue weighted by Gasteiger charge is -2.07. The van der Waals surface area contributed by atoms with Crippen LogP contribution in [0, 0.1) is 71.7 Å². The number of carbonyl (C=O) groups is 7. The molecule has 0 amide bonds. The van der Waals surface area contributed by atoms with Crippen molar-refractivity contribution in [3.63, 3.8) is 0 Å². The minimum Gasteiger partial charge on any atom is -0.508 e. The number of phenolic OH excluding ortho intramolecular Hbond substituents is 2. The maximum Gasteiger partial charge on any atom is 0.335 e. The number of halogens is 6. The highest BCUT2D eigenvalue weighted by Gasteiger charge is 2.18. The van der Waals surface area contributed by atoms with Crippen LogP contribution in [-0.4, -0.2) is 87.7 Å². The number of aryl methyl sites for hydroxylation is 7. The Labute approximate surface area is 698 Å². The molecule has 0 atom stereocenters. The van der Waals surface area contributed by atoms with Gasteiger partial charge in [0, 0.05) is 26.7 Å². The predicted octanol–water partition coefficient (Wildman–Crippen LogP) is 24.8. The van der Waals surface area contributed by atoms with Crippen molar-refractivity contribution < 1.29 is 97.1 Å². The topological polar surface area (TPSA) is 302 Å². The number of carboxylic acid groups (broad SMARTS) is 7. The van der Waals surface area contributed by atoms with Crippen molar-refractivity contribution in [2.75, 3.05) is 0 Å². The van der Waals surface area contributed by atoms with Gasteiger partial charge in [-0.05, 0) is 264 Å². The molecule has 14 aromatic rings. The molecule has 0 saturated heterocycles. The second-order valence-corrected chi connectivity index (χ2v) is 27.9. The Morgan fingerprint density at radius 3 is 0.875 bits per heavy atom. The molecule has 0 radical (unpaired) electrons. The van der Waals surface area contributed by atoms with E-state index in [2.05, 4.69) is 0 Å². The van der Waals surface area contributed by atoms with E-state index in [4.69, 9.17) is 58.9 Å². The smallest absolute Gasteiger partial charge is 0.335 e. The first-order valence-corrected chi connectivity index (χ1v) is 37.2. The zero-order chi connectivity index (χ0) is 87.8. The number of hydrogen-bond acceptors (Lipinski definition) is 9. The van der Waals surface area contributed by atoms with E-state index in [0.29, 0.717) is 82.4 Å². The second kappa shape index (κ2) is 42.2. The Hall–Kier alpha value is -14.7. The highest BCUT2D eigenvalue weighted by molar-refractivity contribution is 6.35. The van der Waals surface area contributed by atoms with Crippen molar-refractivity contribution in [1.29, 1.82) is 0 Å². The summed E-state index contributed by atoms with van der Waals surface area (Å²) in [6, 6.07) is 79.1. The van der Waals surface area contributed by atoms with Gasteiger partial charge in [0.05, 0.1) is 38.9 Å². The molecule has 14 aromatic carbocycles. The van der Waals surface area contributed by atoms with Crippen molar-refractivity contribution in [2.45, 2.75) is 48.5 Å². The molecular formula is C98H78Cl2F4O16. The van der Waals surface area contributed by atoms with Gasteiger partial charge >= 0.3 is 41.8 Å². The summed E-state index contributed by atoms with van der Waals surface area (Å²) in [5, 5.41) is 83.3. The van der Waals surface area contributed by atoms with Gasteiger partial charge in [-0.3, -0.25) is 0 Å².